The molecule has 2 nitrogen and oxygen atoms in total. The highest BCUT2D eigenvalue weighted by Crippen LogP contribution is 2.42. The Hall–Kier alpha value is -0.0800. The smallest absolute Gasteiger partial charge is 0.00222 e. The maximum absolute atomic E-state index is 2.35. The summed E-state index contributed by atoms with van der Waals surface area (Å²) >= 11 is 0. The Morgan fingerprint density at radius 3 is 1.43 bits per heavy atom. The minimum Gasteiger partial charge on any atom is -0.309 e. The molecule has 0 heterocycles. The molecule has 2 heteroatoms. The molecule has 0 radical (unpaired) electrons. The second kappa shape index (κ2) is 10.0. The maximum Gasteiger partial charge on any atom is -0.00222 e. The van der Waals surface area contributed by atoms with Crippen molar-refractivity contribution in [2.24, 2.45) is 23.7 Å². The van der Waals surface area contributed by atoms with Crippen molar-refractivity contribution in [3.05, 3.63) is 0 Å². The molecule has 2 rings (SSSR count). The summed E-state index contributed by atoms with van der Waals surface area (Å²) in [7, 11) is 8.82. The van der Waals surface area contributed by atoms with Gasteiger partial charge in [0, 0.05) is 0 Å². The van der Waals surface area contributed by atoms with Gasteiger partial charge >= 0.3 is 0 Å². The largest absolute Gasteiger partial charge is 0.309 e. The van der Waals surface area contributed by atoms with E-state index in [1.165, 1.54) is 70.9 Å². The molecule has 0 amide bonds. The summed E-state index contributed by atoms with van der Waals surface area (Å²) in [6.07, 6.45) is 16.5. The number of nitrogens with zero attached hydrogens (tertiary/aromatic N) is 2. The molecule has 0 aromatic heterocycles. The van der Waals surface area contributed by atoms with Gasteiger partial charge in [0.25, 0.3) is 0 Å². The molecular formula is C21H42N2. The van der Waals surface area contributed by atoms with E-state index in [0.29, 0.717) is 0 Å². The molecule has 0 N–H and O–H groups in total. The first-order valence-electron chi connectivity index (χ1n) is 10.3. The van der Waals surface area contributed by atoms with Gasteiger partial charge in [0.2, 0.25) is 0 Å². The standard InChI is InChI=1S/C21H42N2/c1-22(2)16-5-6-18-7-11-20(12-8-18)21-13-9-19(10-14-21)15-17-23(3)4/h18-21H,5-17H2,1-4H3. The summed E-state index contributed by atoms with van der Waals surface area (Å²) in [5.41, 5.74) is 0. The normalized spacial score (nSPS) is 32.6. The topological polar surface area (TPSA) is 6.48 Å². The van der Waals surface area contributed by atoms with E-state index in [9.17, 15) is 0 Å². The van der Waals surface area contributed by atoms with Crippen LogP contribution < -0.4 is 0 Å². The maximum atomic E-state index is 2.35. The molecule has 0 saturated heterocycles. The first kappa shape index (κ1) is 19.2. The van der Waals surface area contributed by atoms with Gasteiger partial charge in [-0.15, -0.1) is 0 Å². The minimum atomic E-state index is 1.02. The number of hydrogen-bond donors (Lipinski definition) is 0. The molecule has 0 aromatic rings. The fourth-order valence-electron chi connectivity index (χ4n) is 5.03. The number of hydrogen-bond acceptors (Lipinski definition) is 2. The van der Waals surface area contributed by atoms with E-state index in [2.05, 4.69) is 38.0 Å². The minimum absolute atomic E-state index is 1.02. The lowest BCUT2D eigenvalue weighted by Crippen LogP contribution is -2.27. The van der Waals surface area contributed by atoms with Gasteiger partial charge in [-0.1, -0.05) is 25.7 Å². The molecule has 2 aliphatic rings. The Balaban J connectivity index is 1.59. The quantitative estimate of drug-likeness (QED) is 0.627. The van der Waals surface area contributed by atoms with E-state index < -0.39 is 0 Å². The lowest BCUT2D eigenvalue weighted by Gasteiger charge is -2.38. The van der Waals surface area contributed by atoms with Crippen LogP contribution in [-0.2, 0) is 0 Å². The zero-order valence-electron chi connectivity index (χ0n) is 16.4. The predicted octanol–water partition coefficient (Wildman–Crippen LogP) is 4.89. The van der Waals surface area contributed by atoms with Gasteiger partial charge in [0.1, 0.15) is 0 Å². The third-order valence-corrected chi connectivity index (χ3v) is 6.65. The molecule has 2 aliphatic carbocycles. The Kier molecular flexibility index (Phi) is 8.40. The van der Waals surface area contributed by atoms with Crippen LogP contribution >= 0.6 is 0 Å². The zero-order valence-corrected chi connectivity index (χ0v) is 16.4. The van der Waals surface area contributed by atoms with Gasteiger partial charge in [-0.25, -0.2) is 0 Å². The predicted molar refractivity (Wildman–Crippen MR) is 102 cm³/mol. The van der Waals surface area contributed by atoms with E-state index >= 15 is 0 Å². The summed E-state index contributed by atoms with van der Waals surface area (Å²) in [6.45, 7) is 2.56. The van der Waals surface area contributed by atoms with E-state index in [1.807, 2.05) is 0 Å². The van der Waals surface area contributed by atoms with Gasteiger partial charge in [0.15, 0.2) is 0 Å². The van der Waals surface area contributed by atoms with E-state index in [-0.39, 0.29) is 0 Å². The summed E-state index contributed by atoms with van der Waals surface area (Å²) in [6, 6.07) is 0. The Labute approximate surface area is 146 Å². The van der Waals surface area contributed by atoms with Crippen LogP contribution in [0.1, 0.15) is 70.6 Å². The van der Waals surface area contributed by atoms with Gasteiger partial charge in [0.05, 0.1) is 0 Å². The summed E-state index contributed by atoms with van der Waals surface area (Å²) in [5, 5.41) is 0. The monoisotopic (exact) mass is 322 g/mol. The van der Waals surface area contributed by atoms with Crippen LogP contribution in [0.25, 0.3) is 0 Å². The van der Waals surface area contributed by atoms with Crippen LogP contribution in [0.15, 0.2) is 0 Å². The summed E-state index contributed by atoms with van der Waals surface area (Å²) < 4.78 is 0. The van der Waals surface area contributed by atoms with Gasteiger partial charge < -0.3 is 9.80 Å². The highest BCUT2D eigenvalue weighted by Gasteiger charge is 2.30. The highest BCUT2D eigenvalue weighted by atomic mass is 15.0. The summed E-state index contributed by atoms with van der Waals surface area (Å²) in [5.74, 6) is 4.22. The molecule has 0 unspecified atom stereocenters. The van der Waals surface area contributed by atoms with E-state index in [0.717, 1.165) is 23.7 Å². The van der Waals surface area contributed by atoms with Crippen LogP contribution in [0.3, 0.4) is 0 Å². The molecule has 0 atom stereocenters. The van der Waals surface area contributed by atoms with Crippen LogP contribution in [-0.4, -0.2) is 51.1 Å². The lowest BCUT2D eigenvalue weighted by atomic mass is 9.68. The van der Waals surface area contributed by atoms with E-state index in [4.69, 9.17) is 0 Å². The Morgan fingerprint density at radius 1 is 0.565 bits per heavy atom. The summed E-state index contributed by atoms with van der Waals surface area (Å²) in [4.78, 5) is 4.68. The molecule has 23 heavy (non-hydrogen) atoms. The molecule has 0 aliphatic heterocycles. The van der Waals surface area contributed by atoms with Crippen LogP contribution in [0.4, 0.5) is 0 Å². The van der Waals surface area contributed by atoms with Gasteiger partial charge in [-0.05, 0) is 110 Å². The fourth-order valence-corrected chi connectivity index (χ4v) is 5.03. The molecule has 2 fully saturated rings. The van der Waals surface area contributed by atoms with Crippen molar-refractivity contribution in [3.8, 4) is 0 Å². The second-order valence-electron chi connectivity index (χ2n) is 9.10. The number of rotatable bonds is 8. The molecule has 2 saturated carbocycles. The second-order valence-corrected chi connectivity index (χ2v) is 9.10. The van der Waals surface area contributed by atoms with Gasteiger partial charge in [-0.3, -0.25) is 0 Å². The van der Waals surface area contributed by atoms with E-state index in [1.54, 1.807) is 12.8 Å². The first-order chi connectivity index (χ1) is 11.0. The van der Waals surface area contributed by atoms with Crippen LogP contribution in [0, 0.1) is 23.7 Å². The molecular weight excluding hydrogens is 280 g/mol. The molecule has 0 spiro atoms. The van der Waals surface area contributed by atoms with Crippen molar-refractivity contribution in [2.75, 3.05) is 41.3 Å². The third kappa shape index (κ3) is 7.13. The first-order valence-corrected chi connectivity index (χ1v) is 10.3. The molecule has 136 valence electrons. The van der Waals surface area contributed by atoms with Crippen LogP contribution in [0.2, 0.25) is 0 Å². The molecule has 0 aromatic carbocycles. The average molecular weight is 323 g/mol. The van der Waals surface area contributed by atoms with Crippen molar-refractivity contribution in [2.45, 2.75) is 70.6 Å². The average Bonchev–Trinajstić information content (AvgIpc) is 2.54. The lowest BCUT2D eigenvalue weighted by molar-refractivity contribution is 0.137. The van der Waals surface area contributed by atoms with Gasteiger partial charge in [-0.2, -0.15) is 0 Å². The van der Waals surface area contributed by atoms with Crippen molar-refractivity contribution in [3.63, 3.8) is 0 Å². The van der Waals surface area contributed by atoms with Crippen LogP contribution in [0.5, 0.6) is 0 Å². The van der Waals surface area contributed by atoms with Crippen molar-refractivity contribution >= 4 is 0 Å². The highest BCUT2D eigenvalue weighted by molar-refractivity contribution is 4.82. The Bertz CT molecular complexity index is 297. The van der Waals surface area contributed by atoms with Crippen molar-refractivity contribution in [1.82, 2.24) is 9.80 Å². The third-order valence-electron chi connectivity index (χ3n) is 6.65. The van der Waals surface area contributed by atoms with Crippen molar-refractivity contribution < 1.29 is 0 Å². The molecule has 0 bridgehead atoms. The SMILES string of the molecule is CN(C)CCCC1CCC(C2CCC(CCN(C)C)CC2)CC1. The zero-order chi connectivity index (χ0) is 16.7. The fraction of sp³-hybridized carbons (Fsp3) is 1.00. The Morgan fingerprint density at radius 2 is 1.00 bits per heavy atom. The van der Waals surface area contributed by atoms with Crippen molar-refractivity contribution in [1.29, 1.82) is 0 Å².